The Balaban J connectivity index is 1.82. The third-order valence-corrected chi connectivity index (χ3v) is 4.75. The minimum atomic E-state index is -0.458. The van der Waals surface area contributed by atoms with Gasteiger partial charge in [0.05, 0.1) is 16.0 Å². The van der Waals surface area contributed by atoms with Gasteiger partial charge in [-0.15, -0.1) is 0 Å². The van der Waals surface area contributed by atoms with E-state index in [1.807, 2.05) is 18.2 Å². The van der Waals surface area contributed by atoms with Crippen molar-refractivity contribution >= 4 is 23.2 Å². The molecule has 0 bridgehead atoms. The monoisotopic (exact) mass is 384 g/mol. The first-order valence-electron chi connectivity index (χ1n) is 8.24. The fourth-order valence-corrected chi connectivity index (χ4v) is 2.96. The van der Waals surface area contributed by atoms with Crippen LogP contribution >= 0.6 is 11.6 Å². The highest BCUT2D eigenvalue weighted by Crippen LogP contribution is 2.30. The third kappa shape index (κ3) is 3.85. The number of nitro groups is 1. The molecule has 0 radical (unpaired) electrons. The van der Waals surface area contributed by atoms with Crippen molar-refractivity contribution in [3.63, 3.8) is 0 Å². The fraction of sp³-hybridized carbons (Fsp3) is 0.150. The average molecular weight is 385 g/mol. The maximum absolute atomic E-state index is 12.8. The Kier molecular flexibility index (Phi) is 5.28. The minimum absolute atomic E-state index is 0.0146. The first-order chi connectivity index (χ1) is 12.9. The van der Waals surface area contributed by atoms with Gasteiger partial charge in [0.15, 0.2) is 5.76 Å². The maximum Gasteiger partial charge on any atom is 0.289 e. The van der Waals surface area contributed by atoms with Crippen LogP contribution in [0.4, 0.5) is 5.69 Å². The zero-order valence-corrected chi connectivity index (χ0v) is 15.5. The van der Waals surface area contributed by atoms with Crippen molar-refractivity contribution < 1.29 is 14.1 Å². The lowest BCUT2D eigenvalue weighted by atomic mass is 10.1. The van der Waals surface area contributed by atoms with Gasteiger partial charge in [-0.1, -0.05) is 35.9 Å². The molecule has 0 N–H and O–H groups in total. The van der Waals surface area contributed by atoms with Crippen LogP contribution in [0.3, 0.4) is 0 Å². The van der Waals surface area contributed by atoms with Crippen LogP contribution in [-0.4, -0.2) is 22.8 Å². The molecule has 138 valence electrons. The number of benzene rings is 2. The lowest BCUT2D eigenvalue weighted by molar-refractivity contribution is -0.384. The van der Waals surface area contributed by atoms with E-state index in [2.05, 4.69) is 0 Å². The van der Waals surface area contributed by atoms with Crippen LogP contribution in [0.2, 0.25) is 5.02 Å². The summed E-state index contributed by atoms with van der Waals surface area (Å²) in [7, 11) is 1.63. The molecule has 0 aliphatic rings. The van der Waals surface area contributed by atoms with Crippen LogP contribution in [0.15, 0.2) is 65.1 Å². The lowest BCUT2D eigenvalue weighted by Gasteiger charge is -2.24. The highest BCUT2D eigenvalue weighted by Gasteiger charge is 2.23. The predicted molar refractivity (Wildman–Crippen MR) is 103 cm³/mol. The third-order valence-electron chi connectivity index (χ3n) is 4.42. The van der Waals surface area contributed by atoms with E-state index in [1.165, 1.54) is 17.0 Å². The number of halogens is 1. The number of carbonyl (C=O) groups excluding carboxylic acids is 1. The van der Waals surface area contributed by atoms with Crippen molar-refractivity contribution in [3.05, 3.63) is 87.1 Å². The number of nitrogens with zero attached hydrogens (tertiary/aromatic N) is 2. The predicted octanol–water partition coefficient (Wildman–Crippen LogP) is 5.34. The Bertz CT molecular complexity index is 999. The molecule has 0 spiro atoms. The summed E-state index contributed by atoms with van der Waals surface area (Å²) in [4.78, 5) is 24.8. The van der Waals surface area contributed by atoms with Crippen LogP contribution in [0, 0.1) is 10.1 Å². The van der Waals surface area contributed by atoms with Gasteiger partial charge >= 0.3 is 0 Å². The topological polar surface area (TPSA) is 76.6 Å². The smallest absolute Gasteiger partial charge is 0.289 e. The number of carbonyl (C=O) groups is 1. The Morgan fingerprint density at radius 2 is 1.89 bits per heavy atom. The fourth-order valence-electron chi connectivity index (χ4n) is 2.73. The van der Waals surface area contributed by atoms with Gasteiger partial charge in [-0.25, -0.2) is 0 Å². The summed E-state index contributed by atoms with van der Waals surface area (Å²) in [5.74, 6) is 0.345. The van der Waals surface area contributed by atoms with Crippen LogP contribution in [0.25, 0.3) is 11.3 Å². The van der Waals surface area contributed by atoms with E-state index in [1.54, 1.807) is 44.3 Å². The summed E-state index contributed by atoms with van der Waals surface area (Å²) in [6.45, 7) is 1.80. The zero-order valence-electron chi connectivity index (χ0n) is 14.8. The first kappa shape index (κ1) is 18.7. The summed E-state index contributed by atoms with van der Waals surface area (Å²) in [5.41, 5.74) is 1.35. The molecular weight excluding hydrogens is 368 g/mol. The van der Waals surface area contributed by atoms with Gasteiger partial charge in [-0.2, -0.15) is 0 Å². The van der Waals surface area contributed by atoms with Gasteiger partial charge in [0.1, 0.15) is 5.76 Å². The molecule has 1 atom stereocenters. The first-order valence-corrected chi connectivity index (χ1v) is 8.62. The molecule has 0 aliphatic heterocycles. The van der Waals surface area contributed by atoms with Crippen LogP contribution < -0.4 is 0 Å². The molecule has 7 heteroatoms. The number of nitro benzene ring substituents is 1. The Morgan fingerprint density at radius 1 is 1.15 bits per heavy atom. The van der Waals surface area contributed by atoms with Crippen molar-refractivity contribution in [1.29, 1.82) is 0 Å². The van der Waals surface area contributed by atoms with E-state index in [0.717, 1.165) is 0 Å². The van der Waals surface area contributed by atoms with Gasteiger partial charge in [0.2, 0.25) is 0 Å². The summed E-state index contributed by atoms with van der Waals surface area (Å²) >= 11 is 6.17. The normalized spacial score (nSPS) is 11.8. The van der Waals surface area contributed by atoms with E-state index in [4.69, 9.17) is 16.0 Å². The van der Waals surface area contributed by atoms with E-state index in [-0.39, 0.29) is 23.4 Å². The second-order valence-electron chi connectivity index (χ2n) is 6.09. The van der Waals surface area contributed by atoms with Crippen molar-refractivity contribution in [3.8, 4) is 11.3 Å². The quantitative estimate of drug-likeness (QED) is 0.439. The number of rotatable bonds is 5. The lowest BCUT2D eigenvalue weighted by Crippen LogP contribution is -2.29. The number of hydrogen-bond donors (Lipinski definition) is 0. The molecule has 0 saturated carbocycles. The average Bonchev–Trinajstić information content (AvgIpc) is 3.16. The van der Waals surface area contributed by atoms with Crippen molar-refractivity contribution in [1.82, 2.24) is 4.90 Å². The molecule has 0 fully saturated rings. The molecule has 6 nitrogen and oxygen atoms in total. The van der Waals surface area contributed by atoms with Crippen LogP contribution in [0.1, 0.15) is 29.1 Å². The molecule has 0 saturated heterocycles. The second-order valence-corrected chi connectivity index (χ2v) is 6.50. The van der Waals surface area contributed by atoms with E-state index in [9.17, 15) is 14.9 Å². The summed E-state index contributed by atoms with van der Waals surface area (Å²) in [6.07, 6.45) is 0. The minimum Gasteiger partial charge on any atom is -0.451 e. The van der Waals surface area contributed by atoms with Gasteiger partial charge in [-0.3, -0.25) is 14.9 Å². The van der Waals surface area contributed by atoms with E-state index < -0.39 is 4.92 Å². The summed E-state index contributed by atoms with van der Waals surface area (Å²) in [5, 5.41) is 11.5. The molecule has 0 unspecified atom stereocenters. The molecule has 1 aromatic heterocycles. The molecule has 1 heterocycles. The zero-order chi connectivity index (χ0) is 19.6. The van der Waals surface area contributed by atoms with Gasteiger partial charge < -0.3 is 9.32 Å². The molecule has 0 aliphatic carbocycles. The van der Waals surface area contributed by atoms with E-state index >= 15 is 0 Å². The number of amides is 1. The van der Waals surface area contributed by atoms with Gasteiger partial charge in [-0.05, 0) is 36.8 Å². The van der Waals surface area contributed by atoms with Gasteiger partial charge in [0.25, 0.3) is 11.6 Å². The Labute approximate surface area is 161 Å². The van der Waals surface area contributed by atoms with Crippen molar-refractivity contribution in [2.24, 2.45) is 0 Å². The molecule has 1 amide bonds. The molecule has 27 heavy (non-hydrogen) atoms. The van der Waals surface area contributed by atoms with Crippen molar-refractivity contribution in [2.75, 3.05) is 7.05 Å². The standard InChI is InChI=1S/C20H17ClN2O4/c1-13(14-6-5-7-15(12-14)23(25)26)22(2)20(24)19-11-10-18(27-19)16-8-3-4-9-17(16)21/h3-13H,1-2H3/t13-/m1/s1. The molecular formula is C20H17ClN2O4. The van der Waals surface area contributed by atoms with E-state index in [0.29, 0.717) is 21.9 Å². The highest BCUT2D eigenvalue weighted by atomic mass is 35.5. The highest BCUT2D eigenvalue weighted by molar-refractivity contribution is 6.33. The van der Waals surface area contributed by atoms with Crippen LogP contribution in [-0.2, 0) is 0 Å². The van der Waals surface area contributed by atoms with Crippen LogP contribution in [0.5, 0.6) is 0 Å². The maximum atomic E-state index is 12.8. The Morgan fingerprint density at radius 3 is 2.59 bits per heavy atom. The molecule has 3 aromatic rings. The van der Waals surface area contributed by atoms with Crippen molar-refractivity contribution in [2.45, 2.75) is 13.0 Å². The number of hydrogen-bond acceptors (Lipinski definition) is 4. The van der Waals surface area contributed by atoms with Gasteiger partial charge in [0, 0.05) is 24.7 Å². The SMILES string of the molecule is C[C@H](c1cccc([N+](=O)[O-])c1)N(C)C(=O)c1ccc(-c2ccccc2Cl)o1. The largest absolute Gasteiger partial charge is 0.451 e. The summed E-state index contributed by atoms with van der Waals surface area (Å²) in [6, 6.07) is 16.4. The molecule has 2 aromatic carbocycles. The Hall–Kier alpha value is -3.12. The second kappa shape index (κ2) is 7.63. The summed E-state index contributed by atoms with van der Waals surface area (Å²) < 4.78 is 5.70. The number of furan rings is 1. The molecule has 3 rings (SSSR count). The number of non-ortho nitro benzene ring substituents is 1.